The van der Waals surface area contributed by atoms with Crippen molar-refractivity contribution in [3.63, 3.8) is 0 Å². The van der Waals surface area contributed by atoms with Gasteiger partial charge in [-0.2, -0.15) is 0 Å². The first-order chi connectivity index (χ1) is 10.2. The highest BCUT2D eigenvalue weighted by Crippen LogP contribution is 2.26. The fraction of sp³-hybridized carbons (Fsp3) is 0.684. The van der Waals surface area contributed by atoms with Gasteiger partial charge in [0.1, 0.15) is 0 Å². The Bertz CT molecular complexity index is 424. The number of aryl methyl sites for hydroxylation is 2. The lowest BCUT2D eigenvalue weighted by Crippen LogP contribution is -2.27. The molecule has 1 aliphatic rings. The van der Waals surface area contributed by atoms with Crippen molar-refractivity contribution in [2.45, 2.75) is 64.9 Å². The Morgan fingerprint density at radius 2 is 1.67 bits per heavy atom. The Hall–Kier alpha value is -0.860. The second kappa shape index (κ2) is 8.55. The second-order valence-electron chi connectivity index (χ2n) is 6.38. The molecule has 1 aromatic carbocycles. The molecule has 0 saturated heterocycles. The molecule has 1 N–H and O–H groups in total. The standard InChI is InChI=1S/C19H31NO/c1-3-12-20(13-4-2)14-11-19(21)18-10-9-16-7-5-6-8-17(16)15-18/h9-10,15,19,21H,3-8,11-14H2,1-2H3. The molecule has 118 valence electrons. The molecule has 0 amide bonds. The van der Waals surface area contributed by atoms with Crippen LogP contribution in [0.2, 0.25) is 0 Å². The van der Waals surface area contributed by atoms with Crippen molar-refractivity contribution >= 4 is 0 Å². The maximum absolute atomic E-state index is 10.5. The molecule has 1 aromatic rings. The third-order valence-corrected chi connectivity index (χ3v) is 4.56. The molecular formula is C19H31NO. The molecule has 0 radical (unpaired) electrons. The summed E-state index contributed by atoms with van der Waals surface area (Å²) in [5.74, 6) is 0. The zero-order valence-electron chi connectivity index (χ0n) is 13.8. The summed E-state index contributed by atoms with van der Waals surface area (Å²) >= 11 is 0. The van der Waals surface area contributed by atoms with Crippen LogP contribution in [0.15, 0.2) is 18.2 Å². The monoisotopic (exact) mass is 289 g/mol. The van der Waals surface area contributed by atoms with Crippen molar-refractivity contribution in [2.24, 2.45) is 0 Å². The van der Waals surface area contributed by atoms with Crippen LogP contribution >= 0.6 is 0 Å². The summed E-state index contributed by atoms with van der Waals surface area (Å²) in [5, 5.41) is 10.5. The number of nitrogens with zero attached hydrogens (tertiary/aromatic N) is 1. The van der Waals surface area contributed by atoms with Crippen LogP contribution in [0.25, 0.3) is 0 Å². The summed E-state index contributed by atoms with van der Waals surface area (Å²) < 4.78 is 0. The normalized spacial score (nSPS) is 16.0. The topological polar surface area (TPSA) is 23.5 Å². The van der Waals surface area contributed by atoms with Crippen LogP contribution in [-0.2, 0) is 12.8 Å². The smallest absolute Gasteiger partial charge is 0.0802 e. The van der Waals surface area contributed by atoms with E-state index in [1.807, 2.05) is 0 Å². The van der Waals surface area contributed by atoms with E-state index in [-0.39, 0.29) is 6.10 Å². The second-order valence-corrected chi connectivity index (χ2v) is 6.38. The lowest BCUT2D eigenvalue weighted by Gasteiger charge is -2.23. The molecule has 0 aromatic heterocycles. The van der Waals surface area contributed by atoms with Crippen molar-refractivity contribution in [1.29, 1.82) is 0 Å². The fourth-order valence-electron chi connectivity index (χ4n) is 3.40. The molecule has 1 atom stereocenters. The van der Waals surface area contributed by atoms with Crippen molar-refractivity contribution in [3.05, 3.63) is 34.9 Å². The number of rotatable bonds is 8. The van der Waals surface area contributed by atoms with E-state index in [0.717, 1.165) is 31.6 Å². The van der Waals surface area contributed by atoms with Crippen LogP contribution in [0.3, 0.4) is 0 Å². The molecule has 2 rings (SSSR count). The number of aliphatic hydroxyl groups excluding tert-OH is 1. The minimum atomic E-state index is -0.312. The van der Waals surface area contributed by atoms with Gasteiger partial charge < -0.3 is 10.0 Å². The number of hydrogen-bond acceptors (Lipinski definition) is 2. The minimum absolute atomic E-state index is 0.312. The summed E-state index contributed by atoms with van der Waals surface area (Å²) in [5.41, 5.74) is 4.08. The van der Waals surface area contributed by atoms with Gasteiger partial charge in [0, 0.05) is 6.54 Å². The molecule has 1 unspecified atom stereocenters. The van der Waals surface area contributed by atoms with Gasteiger partial charge in [0.05, 0.1) is 6.10 Å². The van der Waals surface area contributed by atoms with E-state index in [1.165, 1.54) is 49.7 Å². The van der Waals surface area contributed by atoms with Crippen molar-refractivity contribution in [1.82, 2.24) is 4.90 Å². The van der Waals surface area contributed by atoms with E-state index in [0.29, 0.717) is 0 Å². The van der Waals surface area contributed by atoms with Gasteiger partial charge >= 0.3 is 0 Å². The minimum Gasteiger partial charge on any atom is -0.388 e. The highest BCUT2D eigenvalue weighted by atomic mass is 16.3. The van der Waals surface area contributed by atoms with Crippen molar-refractivity contribution in [3.8, 4) is 0 Å². The predicted molar refractivity (Wildman–Crippen MR) is 89.7 cm³/mol. The summed E-state index contributed by atoms with van der Waals surface area (Å²) in [7, 11) is 0. The summed E-state index contributed by atoms with van der Waals surface area (Å²) in [6.07, 6.45) is 7.93. The van der Waals surface area contributed by atoms with E-state index in [2.05, 4.69) is 36.9 Å². The van der Waals surface area contributed by atoms with E-state index in [1.54, 1.807) is 0 Å². The first kappa shape index (κ1) is 16.5. The maximum atomic E-state index is 10.5. The van der Waals surface area contributed by atoms with Crippen LogP contribution in [-0.4, -0.2) is 29.6 Å². The van der Waals surface area contributed by atoms with Crippen molar-refractivity contribution in [2.75, 3.05) is 19.6 Å². The third-order valence-electron chi connectivity index (χ3n) is 4.56. The number of aliphatic hydroxyl groups is 1. The molecule has 1 aliphatic carbocycles. The van der Waals surface area contributed by atoms with E-state index >= 15 is 0 Å². The zero-order chi connectivity index (χ0) is 15.1. The van der Waals surface area contributed by atoms with Gasteiger partial charge in [-0.3, -0.25) is 0 Å². The Morgan fingerprint density at radius 1 is 1.00 bits per heavy atom. The maximum Gasteiger partial charge on any atom is 0.0802 e. The molecule has 0 aliphatic heterocycles. The molecule has 0 bridgehead atoms. The number of hydrogen-bond donors (Lipinski definition) is 1. The Morgan fingerprint density at radius 3 is 2.33 bits per heavy atom. The molecule has 0 heterocycles. The van der Waals surface area contributed by atoms with Gasteiger partial charge in [0.15, 0.2) is 0 Å². The number of benzene rings is 1. The third kappa shape index (κ3) is 4.82. The van der Waals surface area contributed by atoms with Gasteiger partial charge in [0.2, 0.25) is 0 Å². The van der Waals surface area contributed by atoms with Crippen LogP contribution in [0.5, 0.6) is 0 Å². The van der Waals surface area contributed by atoms with Gasteiger partial charge in [-0.25, -0.2) is 0 Å². The van der Waals surface area contributed by atoms with E-state index in [4.69, 9.17) is 0 Å². The Balaban J connectivity index is 1.91. The molecule has 0 fully saturated rings. The van der Waals surface area contributed by atoms with Gasteiger partial charge in [-0.1, -0.05) is 32.0 Å². The highest BCUT2D eigenvalue weighted by Gasteiger charge is 2.14. The molecule has 2 heteroatoms. The van der Waals surface area contributed by atoms with E-state index < -0.39 is 0 Å². The lowest BCUT2D eigenvalue weighted by atomic mass is 9.89. The molecule has 0 saturated carbocycles. The predicted octanol–water partition coefficient (Wildman–Crippen LogP) is 4.11. The molecule has 0 spiro atoms. The summed E-state index contributed by atoms with van der Waals surface area (Å²) in [4.78, 5) is 2.47. The van der Waals surface area contributed by atoms with E-state index in [9.17, 15) is 5.11 Å². The van der Waals surface area contributed by atoms with Crippen LogP contribution in [0.4, 0.5) is 0 Å². The summed E-state index contributed by atoms with van der Waals surface area (Å²) in [6, 6.07) is 6.63. The van der Waals surface area contributed by atoms with Crippen LogP contribution in [0, 0.1) is 0 Å². The van der Waals surface area contributed by atoms with Crippen molar-refractivity contribution < 1.29 is 5.11 Å². The summed E-state index contributed by atoms with van der Waals surface area (Å²) in [6.45, 7) is 7.74. The average Bonchev–Trinajstić information content (AvgIpc) is 2.52. The Kier molecular flexibility index (Phi) is 6.72. The molecule has 21 heavy (non-hydrogen) atoms. The zero-order valence-corrected chi connectivity index (χ0v) is 13.8. The SMILES string of the molecule is CCCN(CCC)CCC(O)c1ccc2c(c1)CCCC2. The van der Waals surface area contributed by atoms with Crippen LogP contribution < -0.4 is 0 Å². The lowest BCUT2D eigenvalue weighted by molar-refractivity contribution is 0.141. The Labute approximate surface area is 130 Å². The largest absolute Gasteiger partial charge is 0.388 e. The number of fused-ring (bicyclic) bond motifs is 1. The molecular weight excluding hydrogens is 258 g/mol. The van der Waals surface area contributed by atoms with Gasteiger partial charge in [0.25, 0.3) is 0 Å². The first-order valence-electron chi connectivity index (χ1n) is 8.76. The van der Waals surface area contributed by atoms with Crippen LogP contribution in [0.1, 0.15) is 68.7 Å². The molecule has 2 nitrogen and oxygen atoms in total. The van der Waals surface area contributed by atoms with Gasteiger partial charge in [-0.15, -0.1) is 0 Å². The first-order valence-corrected chi connectivity index (χ1v) is 8.76. The van der Waals surface area contributed by atoms with Gasteiger partial charge in [-0.05, 0) is 74.7 Å². The fourth-order valence-corrected chi connectivity index (χ4v) is 3.40. The highest BCUT2D eigenvalue weighted by molar-refractivity contribution is 5.34. The quantitative estimate of drug-likeness (QED) is 0.778. The average molecular weight is 289 g/mol.